The Morgan fingerprint density at radius 1 is 1.07 bits per heavy atom. The van der Waals surface area contributed by atoms with E-state index in [1.807, 2.05) is 37.3 Å². The van der Waals surface area contributed by atoms with Crippen LogP contribution in [-0.4, -0.2) is 4.98 Å². The van der Waals surface area contributed by atoms with Crippen LogP contribution in [0.5, 0.6) is 5.75 Å². The van der Waals surface area contributed by atoms with Crippen LogP contribution in [0, 0.1) is 24.1 Å². The number of nitrogens with one attached hydrogen (secondary N) is 1. The SMILES string of the molecule is Cc1ccccc1OCc1ccc(-c2nc(C#N)c(NCc3ccc(F)cc3)o2)o1. The molecule has 0 aliphatic heterocycles. The van der Waals surface area contributed by atoms with Gasteiger partial charge in [0.15, 0.2) is 5.76 Å². The minimum Gasteiger partial charge on any atom is -0.485 e. The average Bonchev–Trinajstić information content (AvgIpc) is 3.39. The number of aryl methyl sites for hydroxylation is 1. The Balaban J connectivity index is 1.45. The molecule has 6 nitrogen and oxygen atoms in total. The average molecular weight is 403 g/mol. The second-order valence-corrected chi connectivity index (χ2v) is 6.61. The van der Waals surface area contributed by atoms with Gasteiger partial charge in [-0.05, 0) is 48.4 Å². The van der Waals surface area contributed by atoms with Crippen LogP contribution >= 0.6 is 0 Å². The second kappa shape index (κ2) is 8.53. The number of benzene rings is 2. The lowest BCUT2D eigenvalue weighted by atomic mass is 10.2. The summed E-state index contributed by atoms with van der Waals surface area (Å²) in [5, 5.41) is 12.4. The number of rotatable bonds is 7. The molecule has 0 aliphatic carbocycles. The van der Waals surface area contributed by atoms with Gasteiger partial charge < -0.3 is 18.9 Å². The highest BCUT2D eigenvalue weighted by molar-refractivity contribution is 5.54. The smallest absolute Gasteiger partial charge is 0.266 e. The van der Waals surface area contributed by atoms with E-state index in [0.717, 1.165) is 16.9 Å². The molecule has 0 saturated carbocycles. The van der Waals surface area contributed by atoms with Gasteiger partial charge >= 0.3 is 0 Å². The van der Waals surface area contributed by atoms with Crippen molar-refractivity contribution in [2.75, 3.05) is 5.32 Å². The molecule has 2 aromatic carbocycles. The van der Waals surface area contributed by atoms with E-state index in [-0.39, 0.29) is 29.9 Å². The Morgan fingerprint density at radius 2 is 1.87 bits per heavy atom. The molecule has 150 valence electrons. The summed E-state index contributed by atoms with van der Waals surface area (Å²) in [6, 6.07) is 19.3. The quantitative estimate of drug-likeness (QED) is 0.442. The number of hydrogen-bond acceptors (Lipinski definition) is 6. The Morgan fingerprint density at radius 3 is 2.63 bits per heavy atom. The van der Waals surface area contributed by atoms with E-state index < -0.39 is 0 Å². The second-order valence-electron chi connectivity index (χ2n) is 6.61. The number of hydrogen-bond donors (Lipinski definition) is 1. The molecular formula is C23H18FN3O3. The van der Waals surface area contributed by atoms with Gasteiger partial charge in [0.1, 0.15) is 30.0 Å². The maximum absolute atomic E-state index is 13.0. The number of nitrogens with zero attached hydrogens (tertiary/aromatic N) is 2. The molecule has 0 atom stereocenters. The highest BCUT2D eigenvalue weighted by Crippen LogP contribution is 2.28. The summed E-state index contributed by atoms with van der Waals surface area (Å²) >= 11 is 0. The van der Waals surface area contributed by atoms with Gasteiger partial charge in [0.2, 0.25) is 11.6 Å². The van der Waals surface area contributed by atoms with Crippen LogP contribution in [-0.2, 0) is 13.2 Å². The van der Waals surface area contributed by atoms with Gasteiger partial charge in [-0.1, -0.05) is 30.3 Å². The van der Waals surface area contributed by atoms with Gasteiger partial charge in [-0.2, -0.15) is 10.2 Å². The summed E-state index contributed by atoms with van der Waals surface area (Å²) in [6.07, 6.45) is 0. The van der Waals surface area contributed by atoms with Crippen molar-refractivity contribution in [3.63, 3.8) is 0 Å². The number of ether oxygens (including phenoxy) is 1. The molecule has 0 fully saturated rings. The van der Waals surface area contributed by atoms with Crippen LogP contribution < -0.4 is 10.1 Å². The lowest BCUT2D eigenvalue weighted by Crippen LogP contribution is -1.99. The van der Waals surface area contributed by atoms with Crippen molar-refractivity contribution in [3.8, 4) is 23.5 Å². The molecule has 0 amide bonds. The molecule has 2 heterocycles. The lowest BCUT2D eigenvalue weighted by molar-refractivity contribution is 0.269. The standard InChI is InChI=1S/C23H18FN3O3/c1-15-4-2-3-5-20(15)28-14-18-10-11-21(29-18)23-27-19(12-25)22(30-23)26-13-16-6-8-17(24)9-7-16/h2-11,26H,13-14H2,1H3. The van der Waals surface area contributed by atoms with Crippen LogP contribution in [0.2, 0.25) is 0 Å². The molecular weight excluding hydrogens is 385 g/mol. The van der Waals surface area contributed by atoms with Gasteiger partial charge in [0.05, 0.1) is 0 Å². The predicted molar refractivity (Wildman–Crippen MR) is 108 cm³/mol. The Bertz CT molecular complexity index is 1190. The third kappa shape index (κ3) is 4.33. The zero-order valence-electron chi connectivity index (χ0n) is 16.2. The van der Waals surface area contributed by atoms with Crippen LogP contribution in [0.3, 0.4) is 0 Å². The van der Waals surface area contributed by atoms with Crippen molar-refractivity contribution >= 4 is 5.88 Å². The first kappa shape index (κ1) is 19.3. The maximum atomic E-state index is 13.0. The summed E-state index contributed by atoms with van der Waals surface area (Å²) in [5.74, 6) is 1.89. The largest absolute Gasteiger partial charge is 0.485 e. The van der Waals surface area contributed by atoms with Crippen molar-refractivity contribution in [2.24, 2.45) is 0 Å². The van der Waals surface area contributed by atoms with E-state index in [1.165, 1.54) is 12.1 Å². The van der Waals surface area contributed by atoms with Crippen molar-refractivity contribution in [1.29, 1.82) is 5.26 Å². The normalized spacial score (nSPS) is 10.6. The number of anilines is 1. The third-order valence-corrected chi connectivity index (χ3v) is 4.44. The van der Waals surface area contributed by atoms with Gasteiger partial charge in [0, 0.05) is 6.54 Å². The summed E-state index contributed by atoms with van der Waals surface area (Å²) < 4.78 is 30.2. The minimum atomic E-state index is -0.307. The molecule has 1 N–H and O–H groups in total. The molecule has 4 rings (SSSR count). The summed E-state index contributed by atoms with van der Waals surface area (Å²) in [5.41, 5.74) is 1.99. The molecule has 0 unspecified atom stereocenters. The molecule has 0 bridgehead atoms. The fourth-order valence-electron chi connectivity index (χ4n) is 2.84. The number of nitriles is 1. The fourth-order valence-corrected chi connectivity index (χ4v) is 2.84. The topological polar surface area (TPSA) is 84.2 Å². The maximum Gasteiger partial charge on any atom is 0.266 e. The van der Waals surface area contributed by atoms with Crippen molar-refractivity contribution in [1.82, 2.24) is 4.98 Å². The zero-order valence-corrected chi connectivity index (χ0v) is 16.2. The molecule has 0 saturated heterocycles. The highest BCUT2D eigenvalue weighted by Gasteiger charge is 2.17. The number of aromatic nitrogens is 1. The molecule has 7 heteroatoms. The van der Waals surface area contributed by atoms with Crippen molar-refractivity contribution in [3.05, 3.63) is 89.1 Å². The molecule has 0 aliphatic rings. The number of para-hydroxylation sites is 1. The van der Waals surface area contributed by atoms with E-state index in [2.05, 4.69) is 10.3 Å². The zero-order chi connectivity index (χ0) is 20.9. The van der Waals surface area contributed by atoms with Gasteiger partial charge in [-0.25, -0.2) is 4.39 Å². The predicted octanol–water partition coefficient (Wildman–Crippen LogP) is 5.44. The lowest BCUT2D eigenvalue weighted by Gasteiger charge is -2.06. The summed E-state index contributed by atoms with van der Waals surface area (Å²) in [6.45, 7) is 2.59. The summed E-state index contributed by atoms with van der Waals surface area (Å²) in [7, 11) is 0. The van der Waals surface area contributed by atoms with E-state index in [1.54, 1.807) is 24.3 Å². The van der Waals surface area contributed by atoms with Crippen LogP contribution in [0.25, 0.3) is 11.7 Å². The van der Waals surface area contributed by atoms with Crippen LogP contribution in [0.15, 0.2) is 69.5 Å². The van der Waals surface area contributed by atoms with E-state index in [9.17, 15) is 9.65 Å². The van der Waals surface area contributed by atoms with E-state index in [4.69, 9.17) is 13.6 Å². The number of oxazole rings is 1. The third-order valence-electron chi connectivity index (χ3n) is 4.44. The first-order valence-electron chi connectivity index (χ1n) is 9.29. The van der Waals surface area contributed by atoms with Gasteiger partial charge in [-0.3, -0.25) is 0 Å². The minimum absolute atomic E-state index is 0.112. The summed E-state index contributed by atoms with van der Waals surface area (Å²) in [4.78, 5) is 4.19. The van der Waals surface area contributed by atoms with Crippen molar-refractivity contribution in [2.45, 2.75) is 20.1 Å². The van der Waals surface area contributed by atoms with Crippen LogP contribution in [0.4, 0.5) is 10.3 Å². The first-order valence-corrected chi connectivity index (χ1v) is 9.29. The molecule has 30 heavy (non-hydrogen) atoms. The van der Waals surface area contributed by atoms with Gasteiger partial charge in [0.25, 0.3) is 5.89 Å². The van der Waals surface area contributed by atoms with Crippen molar-refractivity contribution < 1.29 is 18.0 Å². The fraction of sp³-hybridized carbons (Fsp3) is 0.130. The molecule has 0 spiro atoms. The monoisotopic (exact) mass is 403 g/mol. The Labute approximate surface area is 172 Å². The molecule has 4 aromatic rings. The Kier molecular flexibility index (Phi) is 5.48. The van der Waals surface area contributed by atoms with Gasteiger partial charge in [-0.15, -0.1) is 0 Å². The number of furan rings is 1. The highest BCUT2D eigenvalue weighted by atomic mass is 19.1. The first-order chi connectivity index (χ1) is 14.6. The van der Waals surface area contributed by atoms with E-state index >= 15 is 0 Å². The molecule has 2 aromatic heterocycles. The van der Waals surface area contributed by atoms with E-state index in [0.29, 0.717) is 18.1 Å². The Hall–Kier alpha value is -4.05. The number of halogens is 1. The van der Waals surface area contributed by atoms with Crippen LogP contribution in [0.1, 0.15) is 22.6 Å². The molecule has 0 radical (unpaired) electrons.